The summed E-state index contributed by atoms with van der Waals surface area (Å²) < 4.78 is 14.9. The summed E-state index contributed by atoms with van der Waals surface area (Å²) in [4.78, 5) is 46.1. The van der Waals surface area contributed by atoms with Gasteiger partial charge in [0.2, 0.25) is 5.91 Å². The number of likely N-dealkylation sites (tertiary alicyclic amines) is 1. The van der Waals surface area contributed by atoms with Gasteiger partial charge in [-0.25, -0.2) is 4.39 Å². The molecule has 3 atom stereocenters. The van der Waals surface area contributed by atoms with Crippen molar-refractivity contribution >= 4 is 17.5 Å². The number of phenolic OH excluding ortho intramolecular Hbond substituents is 2. The van der Waals surface area contributed by atoms with E-state index in [9.17, 15) is 29.0 Å². The zero-order valence-corrected chi connectivity index (χ0v) is 24.8. The van der Waals surface area contributed by atoms with E-state index in [0.29, 0.717) is 24.1 Å². The van der Waals surface area contributed by atoms with Crippen LogP contribution in [-0.4, -0.2) is 71.2 Å². The van der Waals surface area contributed by atoms with Crippen molar-refractivity contribution in [2.75, 3.05) is 33.7 Å². The lowest BCUT2D eigenvalue weighted by Gasteiger charge is -2.45. The topological polar surface area (TPSA) is 98.2 Å². The summed E-state index contributed by atoms with van der Waals surface area (Å²) in [6.07, 6.45) is 0.568. The fourth-order valence-corrected chi connectivity index (χ4v) is 5.92. The molecule has 8 heteroatoms. The van der Waals surface area contributed by atoms with Crippen molar-refractivity contribution in [1.29, 1.82) is 0 Å². The van der Waals surface area contributed by atoms with E-state index < -0.39 is 29.0 Å². The summed E-state index contributed by atoms with van der Waals surface area (Å²) in [6, 6.07) is 16.6. The normalized spacial score (nSPS) is 19.1. The third-order valence-corrected chi connectivity index (χ3v) is 8.35. The molecular formula is C34H39FN2O5. The van der Waals surface area contributed by atoms with Crippen LogP contribution in [-0.2, 0) is 4.79 Å². The molecule has 0 bridgehead atoms. The van der Waals surface area contributed by atoms with E-state index in [1.807, 2.05) is 32.8 Å². The van der Waals surface area contributed by atoms with Gasteiger partial charge in [-0.2, -0.15) is 0 Å². The molecule has 0 saturated carbocycles. The second-order valence-electron chi connectivity index (χ2n) is 12.2. The minimum absolute atomic E-state index is 0.0309. The number of phenols is 2. The first-order chi connectivity index (χ1) is 19.8. The number of hydrogen-bond donors (Lipinski definition) is 2. The van der Waals surface area contributed by atoms with Crippen LogP contribution in [0.15, 0.2) is 66.7 Å². The molecule has 42 heavy (non-hydrogen) atoms. The van der Waals surface area contributed by atoms with Crippen LogP contribution in [0.4, 0.5) is 4.39 Å². The molecule has 222 valence electrons. The Hall–Kier alpha value is -4.04. The highest BCUT2D eigenvalue weighted by Crippen LogP contribution is 2.43. The third-order valence-electron chi connectivity index (χ3n) is 8.35. The Morgan fingerprint density at radius 2 is 1.38 bits per heavy atom. The van der Waals surface area contributed by atoms with Gasteiger partial charge in [0.25, 0.3) is 0 Å². The van der Waals surface area contributed by atoms with E-state index in [1.54, 1.807) is 48.2 Å². The van der Waals surface area contributed by atoms with Gasteiger partial charge in [0, 0.05) is 47.4 Å². The van der Waals surface area contributed by atoms with Crippen molar-refractivity contribution in [1.82, 2.24) is 9.80 Å². The van der Waals surface area contributed by atoms with Crippen LogP contribution in [0.5, 0.6) is 11.5 Å². The molecule has 3 aromatic carbocycles. The van der Waals surface area contributed by atoms with Gasteiger partial charge >= 0.3 is 0 Å². The van der Waals surface area contributed by atoms with Gasteiger partial charge in [-0.1, -0.05) is 50.2 Å². The average Bonchev–Trinajstić information content (AvgIpc) is 2.96. The van der Waals surface area contributed by atoms with E-state index in [-0.39, 0.29) is 53.2 Å². The summed E-state index contributed by atoms with van der Waals surface area (Å²) >= 11 is 0. The smallest absolute Gasteiger partial charge is 0.228 e. The zero-order valence-electron chi connectivity index (χ0n) is 24.8. The molecule has 1 unspecified atom stereocenters. The fraction of sp³-hybridized carbons (Fsp3) is 0.382. The number of piperidine rings is 1. The van der Waals surface area contributed by atoms with Gasteiger partial charge in [-0.05, 0) is 75.4 Å². The van der Waals surface area contributed by atoms with Crippen molar-refractivity contribution in [2.45, 2.75) is 33.1 Å². The maximum absolute atomic E-state index is 14.9. The highest BCUT2D eigenvalue weighted by Gasteiger charge is 2.48. The van der Waals surface area contributed by atoms with Gasteiger partial charge in [0.1, 0.15) is 17.3 Å². The summed E-state index contributed by atoms with van der Waals surface area (Å²) in [6.45, 7) is 6.08. The van der Waals surface area contributed by atoms with Gasteiger partial charge in [0.05, 0.1) is 0 Å². The van der Waals surface area contributed by atoms with E-state index >= 15 is 0 Å². The lowest BCUT2D eigenvalue weighted by Crippen LogP contribution is -2.55. The number of hydrogen-bond acceptors (Lipinski definition) is 6. The van der Waals surface area contributed by atoms with E-state index in [4.69, 9.17) is 0 Å². The first-order valence-electron chi connectivity index (χ1n) is 14.2. The Balaban J connectivity index is 1.88. The number of ketones is 2. The molecule has 4 rings (SSSR count). The lowest BCUT2D eigenvalue weighted by atomic mass is 9.67. The molecule has 0 radical (unpaired) electrons. The first kappa shape index (κ1) is 30.9. The van der Waals surface area contributed by atoms with Gasteiger partial charge < -0.3 is 20.0 Å². The molecule has 1 aliphatic rings. The Morgan fingerprint density at radius 1 is 0.881 bits per heavy atom. The summed E-state index contributed by atoms with van der Waals surface area (Å²) in [5.74, 6) is -4.07. The number of amides is 1. The van der Waals surface area contributed by atoms with E-state index in [2.05, 4.69) is 0 Å². The highest BCUT2D eigenvalue weighted by atomic mass is 19.1. The first-order valence-corrected chi connectivity index (χ1v) is 14.2. The number of rotatable bonds is 9. The molecule has 1 amide bonds. The monoisotopic (exact) mass is 574 g/mol. The van der Waals surface area contributed by atoms with Crippen LogP contribution >= 0.6 is 0 Å². The minimum atomic E-state index is -0.902. The van der Waals surface area contributed by atoms with Crippen LogP contribution in [0, 0.1) is 30.0 Å². The standard InChI is InChI=1S/C34H39FN2O5/c1-21-26(13-8-14-29(21)35)30-27(31(40)22-9-6-11-24(38)17-22)19-37(33(42)34(2,3)15-16-36(4)5)20-28(30)32(41)23-10-7-12-25(39)18-23/h6-14,17-18,27-28,30,38-39H,15-16,19-20H2,1-5H3/t27-,28+,30?. The maximum Gasteiger partial charge on any atom is 0.228 e. The number of Topliss-reactive ketones (excluding diaryl/α,β-unsaturated/α-hetero) is 2. The van der Waals surface area contributed by atoms with Gasteiger partial charge in [-0.3, -0.25) is 14.4 Å². The molecule has 1 heterocycles. The van der Waals surface area contributed by atoms with Crippen molar-refractivity contribution in [3.63, 3.8) is 0 Å². The van der Waals surface area contributed by atoms with Crippen molar-refractivity contribution in [2.24, 2.45) is 17.3 Å². The van der Waals surface area contributed by atoms with Crippen molar-refractivity contribution < 1.29 is 29.0 Å². The molecule has 2 N–H and O–H groups in total. The van der Waals surface area contributed by atoms with E-state index in [0.717, 1.165) is 0 Å². The molecule has 1 fully saturated rings. The van der Waals surface area contributed by atoms with E-state index in [1.165, 1.54) is 30.3 Å². The molecule has 0 aromatic heterocycles. The Kier molecular flexibility index (Phi) is 9.16. The number of aromatic hydroxyl groups is 2. The SMILES string of the molecule is Cc1c(F)cccc1C1[C@@H](C(=O)c2cccc(O)c2)CN(C(=O)C(C)(C)CCN(C)C)C[C@H]1C(=O)c1cccc(O)c1. The van der Waals surface area contributed by atoms with Gasteiger partial charge in [0.15, 0.2) is 11.6 Å². The number of nitrogens with zero attached hydrogens (tertiary/aromatic N) is 2. The number of benzene rings is 3. The van der Waals surface area contributed by atoms with Crippen LogP contribution in [0.1, 0.15) is 58.0 Å². The second kappa shape index (κ2) is 12.4. The highest BCUT2D eigenvalue weighted by molar-refractivity contribution is 6.03. The van der Waals surface area contributed by atoms with Crippen molar-refractivity contribution in [3.05, 3.63) is 94.8 Å². The predicted molar refractivity (Wildman–Crippen MR) is 159 cm³/mol. The average molecular weight is 575 g/mol. The van der Waals surface area contributed by atoms with Crippen LogP contribution in [0.3, 0.4) is 0 Å². The number of carbonyl (C=O) groups excluding carboxylic acids is 3. The maximum atomic E-state index is 14.9. The Bertz CT molecular complexity index is 1420. The van der Waals surface area contributed by atoms with Crippen LogP contribution in [0.25, 0.3) is 0 Å². The Morgan fingerprint density at radius 3 is 1.86 bits per heavy atom. The molecule has 7 nitrogen and oxygen atoms in total. The molecule has 3 aromatic rings. The zero-order chi connectivity index (χ0) is 30.8. The predicted octanol–water partition coefficient (Wildman–Crippen LogP) is 5.45. The molecule has 1 saturated heterocycles. The quantitative estimate of drug-likeness (QED) is 0.330. The summed E-state index contributed by atoms with van der Waals surface area (Å²) in [7, 11) is 3.86. The summed E-state index contributed by atoms with van der Waals surface area (Å²) in [5.41, 5.74) is 0.554. The molecule has 0 aliphatic carbocycles. The fourth-order valence-electron chi connectivity index (χ4n) is 5.92. The minimum Gasteiger partial charge on any atom is -0.508 e. The number of carbonyl (C=O) groups is 3. The van der Waals surface area contributed by atoms with Crippen LogP contribution in [0.2, 0.25) is 0 Å². The number of halogens is 1. The Labute approximate surface area is 246 Å². The largest absolute Gasteiger partial charge is 0.508 e. The molecule has 1 aliphatic heterocycles. The second-order valence-corrected chi connectivity index (χ2v) is 12.2. The molecule has 0 spiro atoms. The summed E-state index contributed by atoms with van der Waals surface area (Å²) in [5, 5.41) is 20.3. The van der Waals surface area contributed by atoms with Crippen LogP contribution < -0.4 is 0 Å². The van der Waals surface area contributed by atoms with Gasteiger partial charge in [-0.15, -0.1) is 0 Å². The molecular weight excluding hydrogens is 535 g/mol. The third kappa shape index (κ3) is 6.54. The van der Waals surface area contributed by atoms with Crippen molar-refractivity contribution in [3.8, 4) is 11.5 Å². The lowest BCUT2D eigenvalue weighted by molar-refractivity contribution is -0.143.